The molecule has 0 aromatic carbocycles. The molecule has 0 amide bonds. The smallest absolute Gasteiger partial charge is 0.303 e. The van der Waals surface area contributed by atoms with Crippen molar-refractivity contribution in [1.82, 2.24) is 4.90 Å². The van der Waals surface area contributed by atoms with E-state index in [0.29, 0.717) is 36.6 Å². The van der Waals surface area contributed by atoms with Crippen LogP contribution in [0.1, 0.15) is 78.6 Å². The Morgan fingerprint density at radius 3 is 2.62 bits per heavy atom. The van der Waals surface area contributed by atoms with Gasteiger partial charge in [-0.1, -0.05) is 19.0 Å². The van der Waals surface area contributed by atoms with Crippen LogP contribution in [0.15, 0.2) is 5.16 Å². The normalized spacial score (nSPS) is 43.6. The number of Topliss-reactive ketones (excluding diaryl/α,β-unsaturated/α-hetero) is 1. The number of hydrogen-bond acceptors (Lipinski definition) is 6. The molecule has 32 heavy (non-hydrogen) atoms. The van der Waals surface area contributed by atoms with Crippen LogP contribution >= 0.6 is 0 Å². The third-order valence-corrected chi connectivity index (χ3v) is 9.96. The fourth-order valence-electron chi connectivity index (χ4n) is 8.15. The van der Waals surface area contributed by atoms with Crippen LogP contribution in [0, 0.1) is 34.5 Å². The van der Waals surface area contributed by atoms with E-state index in [-0.39, 0.29) is 22.7 Å². The number of likely N-dealkylation sites (N-methyl/N-ethyl adjacent to an activating group) is 1. The number of esters is 1. The summed E-state index contributed by atoms with van der Waals surface area (Å²) in [6.45, 7) is 7.73. The van der Waals surface area contributed by atoms with E-state index in [2.05, 4.69) is 23.9 Å². The van der Waals surface area contributed by atoms with Crippen molar-refractivity contribution in [3.8, 4) is 0 Å². The topological polar surface area (TPSA) is 68.2 Å². The van der Waals surface area contributed by atoms with Crippen LogP contribution in [-0.2, 0) is 19.2 Å². The first kappa shape index (κ1) is 23.7. The monoisotopic (exact) mass is 446 g/mol. The second-order valence-electron chi connectivity index (χ2n) is 11.7. The molecule has 0 unspecified atom stereocenters. The number of carbonyl (C=O) groups excluding carboxylic acids is 2. The highest BCUT2D eigenvalue weighted by Gasteiger charge is 2.69. The van der Waals surface area contributed by atoms with Crippen molar-refractivity contribution in [2.24, 2.45) is 39.7 Å². The quantitative estimate of drug-likeness (QED) is 0.261. The van der Waals surface area contributed by atoms with Gasteiger partial charge in [-0.05, 0) is 76.3 Å². The van der Waals surface area contributed by atoms with Crippen molar-refractivity contribution < 1.29 is 19.2 Å². The molecule has 0 spiro atoms. The Kier molecular flexibility index (Phi) is 6.47. The number of ketones is 1. The molecule has 180 valence electrons. The number of ether oxygens (including phenoxy) is 1. The summed E-state index contributed by atoms with van der Waals surface area (Å²) in [4.78, 5) is 32.2. The summed E-state index contributed by atoms with van der Waals surface area (Å²) in [7, 11) is 4.04. The number of nitrogens with zero attached hydrogens (tertiary/aromatic N) is 2. The number of hydrogen-bond donors (Lipinski definition) is 0. The minimum atomic E-state index is -0.433. The SMILES string of the molecule is CC(=O)O[C@]12CC[C@H](/C=N/OCCN(C)C)[C@@]1(C)CC[C@H]1[C@H]2CC[C@@H]2CC(=O)CC[C@@]21C. The minimum absolute atomic E-state index is 0.123. The first-order valence-corrected chi connectivity index (χ1v) is 12.6. The van der Waals surface area contributed by atoms with Gasteiger partial charge in [0.25, 0.3) is 0 Å². The Bertz CT molecular complexity index is 767. The van der Waals surface area contributed by atoms with Gasteiger partial charge in [0.15, 0.2) is 0 Å². The van der Waals surface area contributed by atoms with Crippen molar-refractivity contribution >= 4 is 18.0 Å². The van der Waals surface area contributed by atoms with Gasteiger partial charge in [0, 0.05) is 49.8 Å². The summed E-state index contributed by atoms with van der Waals surface area (Å²) in [6.07, 6.45) is 10.7. The summed E-state index contributed by atoms with van der Waals surface area (Å²) >= 11 is 0. The van der Waals surface area contributed by atoms with Gasteiger partial charge in [-0.2, -0.15) is 0 Å². The molecule has 6 nitrogen and oxygen atoms in total. The van der Waals surface area contributed by atoms with Crippen molar-refractivity contribution in [2.75, 3.05) is 27.2 Å². The molecule has 4 rings (SSSR count). The van der Waals surface area contributed by atoms with Crippen LogP contribution in [0.4, 0.5) is 0 Å². The fraction of sp³-hybridized carbons (Fsp3) is 0.885. The second-order valence-corrected chi connectivity index (χ2v) is 11.7. The van der Waals surface area contributed by atoms with Crippen LogP contribution in [-0.4, -0.2) is 55.7 Å². The van der Waals surface area contributed by atoms with E-state index in [1.54, 1.807) is 6.92 Å². The van der Waals surface area contributed by atoms with Gasteiger partial charge in [0.1, 0.15) is 18.0 Å². The van der Waals surface area contributed by atoms with Gasteiger partial charge in [-0.25, -0.2) is 0 Å². The highest BCUT2D eigenvalue weighted by molar-refractivity contribution is 5.79. The number of fused-ring (bicyclic) bond motifs is 5. The van der Waals surface area contributed by atoms with Crippen molar-refractivity contribution in [1.29, 1.82) is 0 Å². The maximum atomic E-state index is 12.4. The third-order valence-electron chi connectivity index (χ3n) is 9.96. The molecule has 0 aromatic heterocycles. The van der Waals surface area contributed by atoms with E-state index >= 15 is 0 Å². The minimum Gasteiger partial charge on any atom is -0.458 e. The predicted octanol–water partition coefficient (Wildman–Crippen LogP) is 4.46. The first-order chi connectivity index (χ1) is 15.1. The van der Waals surface area contributed by atoms with Crippen molar-refractivity contribution in [3.63, 3.8) is 0 Å². The van der Waals surface area contributed by atoms with E-state index < -0.39 is 5.60 Å². The molecule has 0 aliphatic heterocycles. The lowest BCUT2D eigenvalue weighted by atomic mass is 9.43. The average Bonchev–Trinajstić information content (AvgIpc) is 3.00. The molecule has 0 aromatic rings. The summed E-state index contributed by atoms with van der Waals surface area (Å²) in [5.74, 6) is 1.91. The Labute approximate surface area is 193 Å². The molecule has 6 heteroatoms. The summed E-state index contributed by atoms with van der Waals surface area (Å²) in [5, 5.41) is 4.33. The number of carbonyl (C=O) groups is 2. The van der Waals surface area contributed by atoms with E-state index in [9.17, 15) is 9.59 Å². The van der Waals surface area contributed by atoms with E-state index in [1.165, 1.54) is 0 Å². The largest absolute Gasteiger partial charge is 0.458 e. The molecule has 4 fully saturated rings. The van der Waals surface area contributed by atoms with Gasteiger partial charge >= 0.3 is 5.97 Å². The lowest BCUT2D eigenvalue weighted by molar-refractivity contribution is -0.223. The maximum absolute atomic E-state index is 12.4. The third kappa shape index (κ3) is 3.80. The van der Waals surface area contributed by atoms with E-state index in [0.717, 1.165) is 57.9 Å². The van der Waals surface area contributed by atoms with Crippen LogP contribution in [0.3, 0.4) is 0 Å². The van der Waals surface area contributed by atoms with Crippen LogP contribution in [0.25, 0.3) is 0 Å². The maximum Gasteiger partial charge on any atom is 0.303 e. The van der Waals surface area contributed by atoms with Crippen LogP contribution < -0.4 is 0 Å². The summed E-state index contributed by atoms with van der Waals surface area (Å²) in [6, 6.07) is 0. The number of oxime groups is 1. The highest BCUT2D eigenvalue weighted by Crippen LogP contribution is 2.69. The molecule has 4 aliphatic rings. The average molecular weight is 447 g/mol. The predicted molar refractivity (Wildman–Crippen MR) is 124 cm³/mol. The zero-order valence-corrected chi connectivity index (χ0v) is 20.7. The Balaban J connectivity index is 1.59. The molecule has 4 saturated carbocycles. The van der Waals surface area contributed by atoms with Crippen molar-refractivity contribution in [2.45, 2.75) is 84.2 Å². The van der Waals surface area contributed by atoms with E-state index in [4.69, 9.17) is 9.57 Å². The molecule has 7 atom stereocenters. The summed E-state index contributed by atoms with van der Waals surface area (Å²) in [5.41, 5.74) is -0.369. The lowest BCUT2D eigenvalue weighted by Crippen LogP contribution is -2.63. The van der Waals surface area contributed by atoms with Gasteiger partial charge in [-0.15, -0.1) is 0 Å². The molecular weight excluding hydrogens is 404 g/mol. The molecule has 0 saturated heterocycles. The second kappa shape index (κ2) is 8.73. The summed E-state index contributed by atoms with van der Waals surface area (Å²) < 4.78 is 6.40. The highest BCUT2D eigenvalue weighted by atomic mass is 16.6. The van der Waals surface area contributed by atoms with Crippen LogP contribution in [0.5, 0.6) is 0 Å². The zero-order valence-electron chi connectivity index (χ0n) is 20.7. The van der Waals surface area contributed by atoms with Gasteiger partial charge in [0.2, 0.25) is 0 Å². The molecule has 0 N–H and O–H groups in total. The molecule has 0 bridgehead atoms. The Morgan fingerprint density at radius 2 is 1.91 bits per heavy atom. The molecule has 4 aliphatic carbocycles. The van der Waals surface area contributed by atoms with Gasteiger partial charge in [0.05, 0.1) is 0 Å². The zero-order chi connectivity index (χ0) is 23.1. The fourth-order valence-corrected chi connectivity index (χ4v) is 8.15. The first-order valence-electron chi connectivity index (χ1n) is 12.6. The van der Waals surface area contributed by atoms with Crippen molar-refractivity contribution in [3.05, 3.63) is 0 Å². The van der Waals surface area contributed by atoms with E-state index in [1.807, 2.05) is 20.3 Å². The van der Waals surface area contributed by atoms with Gasteiger partial charge in [-0.3, -0.25) is 9.59 Å². The Morgan fingerprint density at radius 1 is 1.12 bits per heavy atom. The lowest BCUT2D eigenvalue weighted by Gasteiger charge is -2.63. The standard InChI is InChI=1S/C26H42N2O4/c1-18(29)32-26-13-8-20(17-27-31-15-14-28(4)5)25(26,3)12-10-22-23(26)7-6-19-16-21(30)9-11-24(19,22)2/h17,19-20,22-23H,6-16H2,1-5H3/b27-17+/t19-,20-,22+,23-,24+,25-,26+/m1/s1. The molecule has 0 radical (unpaired) electrons. The van der Waals surface area contributed by atoms with Crippen LogP contribution in [0.2, 0.25) is 0 Å². The molecule has 0 heterocycles. The van der Waals surface area contributed by atoms with Gasteiger partial charge < -0.3 is 14.5 Å². The number of rotatable bonds is 6. The Hall–Kier alpha value is -1.43. The molecular formula is C26H42N2O4.